The Kier molecular flexibility index (Phi) is 22.0. The van der Waals surface area contributed by atoms with Gasteiger partial charge in [-0.25, -0.2) is 14.4 Å². The first-order valence-electron chi connectivity index (χ1n) is 26.0. The van der Waals surface area contributed by atoms with Crippen LogP contribution in [-0.2, 0) is 62.5 Å². The van der Waals surface area contributed by atoms with Crippen LogP contribution in [0.5, 0.6) is 0 Å². The highest BCUT2D eigenvalue weighted by molar-refractivity contribution is 5.68. The monoisotopic (exact) mass is 1070 g/mol. The maximum Gasteiger partial charge on any atom is 0.407 e. The molecular weight excluding hydrogens is 993 g/mol. The number of amides is 3. The fourth-order valence-electron chi connectivity index (χ4n) is 9.61. The predicted octanol–water partition coefficient (Wildman–Crippen LogP) is 2.74. The topological polar surface area (TPSA) is 304 Å². The number of aliphatic hydroxyl groups is 6. The average Bonchev–Trinajstić information content (AvgIpc) is 3.73. The fraction of sp³-hybridized carbons (Fsp3) is 0.574. The summed E-state index contributed by atoms with van der Waals surface area (Å²) in [5, 5.41) is 79.0. The molecule has 3 fully saturated rings. The summed E-state index contributed by atoms with van der Waals surface area (Å²) in [5.74, 6) is -0.127. The number of ether oxygens (including phenoxy) is 9. The molecule has 10 N–H and O–H groups in total. The van der Waals surface area contributed by atoms with Gasteiger partial charge in [-0.15, -0.1) is 0 Å². The zero-order valence-corrected chi connectivity index (χ0v) is 42.9. The lowest BCUT2D eigenvalue weighted by atomic mass is 9.80. The van der Waals surface area contributed by atoms with Gasteiger partial charge in [0.25, 0.3) is 0 Å². The van der Waals surface area contributed by atoms with Crippen molar-refractivity contribution in [3.05, 3.63) is 120 Å². The molecule has 3 aromatic carbocycles. The number of benzene rings is 3. The van der Waals surface area contributed by atoms with E-state index in [0.29, 0.717) is 17.7 Å². The second-order valence-corrected chi connectivity index (χ2v) is 19.5. The SMILES string of the molecule is CCCC(O)CNCC1=CC[C@@H](NC(=O)OCc2ccccc2)[C@@H](O[C@H]2[C@H](O[C@@H]3O[C@H](CO)[C@@H](O[C@H]4O[C@@H](CC)[C@@H](O)[C@H](O)[C@H]4NC(=O)OCc4ccccc4)[C@H]3O)[C@@H](O)[C@H](NC(=O)OCc3ccccc3)C[C@@H]2C)O1. The highest BCUT2D eigenvalue weighted by Crippen LogP contribution is 2.37. The molecule has 3 heterocycles. The van der Waals surface area contributed by atoms with Crippen LogP contribution in [-0.4, -0.2) is 167 Å². The van der Waals surface area contributed by atoms with Crippen molar-refractivity contribution in [3.63, 3.8) is 0 Å². The molecule has 76 heavy (non-hydrogen) atoms. The third-order valence-electron chi connectivity index (χ3n) is 13.7. The van der Waals surface area contributed by atoms with Crippen LogP contribution in [0, 0.1) is 5.92 Å². The average molecular weight is 1070 g/mol. The molecule has 418 valence electrons. The molecule has 7 rings (SSSR count). The summed E-state index contributed by atoms with van der Waals surface area (Å²) in [4.78, 5) is 39.8. The maximum atomic E-state index is 13.3. The Morgan fingerprint density at radius 2 is 1.16 bits per heavy atom. The van der Waals surface area contributed by atoms with Gasteiger partial charge in [0.15, 0.2) is 12.6 Å². The van der Waals surface area contributed by atoms with Gasteiger partial charge in [-0.1, -0.05) is 118 Å². The molecule has 22 nitrogen and oxygen atoms in total. The van der Waals surface area contributed by atoms with E-state index in [4.69, 9.17) is 42.6 Å². The Balaban J connectivity index is 1.11. The summed E-state index contributed by atoms with van der Waals surface area (Å²) in [6.07, 6.45) is -16.7. The first kappa shape index (κ1) is 58.2. The Morgan fingerprint density at radius 3 is 1.71 bits per heavy atom. The lowest BCUT2D eigenvalue weighted by Gasteiger charge is -2.46. The van der Waals surface area contributed by atoms with Gasteiger partial charge in [0.1, 0.15) is 74.3 Å². The molecule has 4 aliphatic rings. The summed E-state index contributed by atoms with van der Waals surface area (Å²) >= 11 is 0. The second-order valence-electron chi connectivity index (χ2n) is 19.5. The van der Waals surface area contributed by atoms with Crippen LogP contribution in [0.3, 0.4) is 0 Å². The molecule has 1 unspecified atom stereocenters. The summed E-state index contributed by atoms with van der Waals surface area (Å²) in [7, 11) is 0. The van der Waals surface area contributed by atoms with Crippen LogP contribution < -0.4 is 21.3 Å². The van der Waals surface area contributed by atoms with E-state index in [1.807, 2.05) is 43.3 Å². The van der Waals surface area contributed by atoms with Gasteiger partial charge in [0.05, 0.1) is 43.5 Å². The van der Waals surface area contributed by atoms with Crippen molar-refractivity contribution in [2.45, 2.75) is 171 Å². The van der Waals surface area contributed by atoms with Gasteiger partial charge in [0, 0.05) is 6.54 Å². The highest BCUT2D eigenvalue weighted by atomic mass is 16.8. The van der Waals surface area contributed by atoms with E-state index in [0.717, 1.165) is 17.5 Å². The minimum atomic E-state index is -1.76. The van der Waals surface area contributed by atoms with E-state index >= 15 is 0 Å². The van der Waals surface area contributed by atoms with Gasteiger partial charge >= 0.3 is 18.3 Å². The minimum Gasteiger partial charge on any atom is -0.466 e. The van der Waals surface area contributed by atoms with E-state index in [1.54, 1.807) is 74.5 Å². The molecule has 1 aliphatic carbocycles. The zero-order chi connectivity index (χ0) is 54.1. The van der Waals surface area contributed by atoms with Crippen LogP contribution in [0.15, 0.2) is 103 Å². The number of aliphatic hydroxyl groups excluding tert-OH is 6. The predicted molar refractivity (Wildman–Crippen MR) is 269 cm³/mol. The molecule has 3 aromatic rings. The van der Waals surface area contributed by atoms with Crippen molar-refractivity contribution < 1.29 is 87.7 Å². The van der Waals surface area contributed by atoms with Gasteiger partial charge in [-0.3, -0.25) is 0 Å². The standard InChI is InChI=1S/C54H74N4O18/c1-4-15-35(60)25-55-26-36-22-23-37(56-52(65)68-28-32-16-9-6-10-17-32)49(71-36)74-46-31(3)24-38(57-53(66)69-29-33-18-11-7-12-19-33)42(61)48(46)76-51-45(64)47(40(27-59)73-51)75-50-41(44(63)43(62)39(5-2)72-50)58-54(67)70-30-34-20-13-8-14-21-34/h6-14,16-22,31,35,37-51,55,59-64H,4-5,15,23-30H2,1-3H3,(H,56,65)(H,57,66)(H,58,67)/t31-,35?,37+,38+,39-,40+,41+,42-,43+,44+,45+,46+,47+,48+,49+,50+,51-/m0/s1. The molecule has 2 saturated heterocycles. The van der Waals surface area contributed by atoms with Crippen molar-refractivity contribution in [3.8, 4) is 0 Å². The van der Waals surface area contributed by atoms with Crippen molar-refractivity contribution in [1.29, 1.82) is 0 Å². The normalized spacial score (nSPS) is 31.7. The van der Waals surface area contributed by atoms with Gasteiger partial charge in [0.2, 0.25) is 6.29 Å². The van der Waals surface area contributed by atoms with Crippen molar-refractivity contribution in [1.82, 2.24) is 21.3 Å². The minimum absolute atomic E-state index is 0.0167. The molecule has 22 heteroatoms. The third-order valence-corrected chi connectivity index (χ3v) is 13.7. The van der Waals surface area contributed by atoms with E-state index in [2.05, 4.69) is 21.3 Å². The Labute approximate surface area is 441 Å². The smallest absolute Gasteiger partial charge is 0.407 e. The molecule has 0 bridgehead atoms. The van der Waals surface area contributed by atoms with E-state index in [9.17, 15) is 45.0 Å². The van der Waals surface area contributed by atoms with Crippen LogP contribution in [0.2, 0.25) is 0 Å². The van der Waals surface area contributed by atoms with E-state index < -0.39 is 129 Å². The van der Waals surface area contributed by atoms with Crippen LogP contribution >= 0.6 is 0 Å². The van der Waals surface area contributed by atoms with Crippen LogP contribution in [0.4, 0.5) is 14.4 Å². The van der Waals surface area contributed by atoms with E-state index in [-0.39, 0.29) is 52.2 Å². The first-order chi connectivity index (χ1) is 36.7. The lowest BCUT2D eigenvalue weighted by Crippen LogP contribution is -2.65. The van der Waals surface area contributed by atoms with Gasteiger partial charge in [-0.2, -0.15) is 0 Å². The number of alkyl carbamates (subject to hydrolysis) is 3. The molecule has 3 amide bonds. The molecule has 3 aliphatic heterocycles. The lowest BCUT2D eigenvalue weighted by molar-refractivity contribution is -0.288. The molecule has 0 aromatic heterocycles. The first-order valence-corrected chi connectivity index (χ1v) is 26.0. The van der Waals surface area contributed by atoms with Crippen LogP contribution in [0.1, 0.15) is 69.6 Å². The Morgan fingerprint density at radius 1 is 0.632 bits per heavy atom. The van der Waals surface area contributed by atoms with Gasteiger partial charge < -0.3 is 94.5 Å². The Hall–Kier alpha value is -5.47. The number of hydrogen-bond donors (Lipinski definition) is 10. The summed E-state index contributed by atoms with van der Waals surface area (Å²) < 4.78 is 54.6. The largest absolute Gasteiger partial charge is 0.466 e. The quantitative estimate of drug-likeness (QED) is 0.0611. The number of nitrogens with one attached hydrogen (secondary N) is 4. The number of carbonyl (C=O) groups excluding carboxylic acids is 3. The summed E-state index contributed by atoms with van der Waals surface area (Å²) in [6, 6.07) is 23.6. The Bertz CT molecular complexity index is 2270. The molecular formula is C54H74N4O18. The van der Waals surface area contributed by atoms with E-state index in [1.165, 1.54) is 0 Å². The van der Waals surface area contributed by atoms with Crippen molar-refractivity contribution in [2.24, 2.45) is 5.92 Å². The molecule has 0 spiro atoms. The number of carbonyl (C=O) groups is 3. The second kappa shape index (κ2) is 28.8. The number of hydrogen-bond acceptors (Lipinski definition) is 19. The van der Waals surface area contributed by atoms with Crippen molar-refractivity contribution >= 4 is 18.3 Å². The maximum absolute atomic E-state index is 13.3. The molecule has 17 atom stereocenters. The fourth-order valence-corrected chi connectivity index (χ4v) is 9.61. The summed E-state index contributed by atoms with van der Waals surface area (Å²) in [6.45, 7) is 5.02. The zero-order valence-electron chi connectivity index (χ0n) is 42.9. The molecule has 1 saturated carbocycles. The van der Waals surface area contributed by atoms with Gasteiger partial charge in [-0.05, 0) is 54.4 Å². The summed E-state index contributed by atoms with van der Waals surface area (Å²) in [5.41, 5.74) is 2.18. The highest BCUT2D eigenvalue weighted by Gasteiger charge is 2.55. The molecule has 0 radical (unpaired) electrons. The van der Waals surface area contributed by atoms with Crippen molar-refractivity contribution in [2.75, 3.05) is 19.7 Å². The number of rotatable bonds is 23. The third kappa shape index (κ3) is 16.1. The van der Waals surface area contributed by atoms with Crippen LogP contribution in [0.25, 0.3) is 0 Å².